The van der Waals surface area contributed by atoms with E-state index in [1.807, 2.05) is 49.4 Å². The van der Waals surface area contributed by atoms with Gasteiger partial charge in [0, 0.05) is 18.2 Å². The number of carbonyl (C=O) groups is 2. The molecule has 0 saturated carbocycles. The van der Waals surface area contributed by atoms with E-state index in [0.29, 0.717) is 19.8 Å². The van der Waals surface area contributed by atoms with Crippen LogP contribution < -0.4 is 10.1 Å². The fourth-order valence-corrected chi connectivity index (χ4v) is 3.59. The van der Waals surface area contributed by atoms with E-state index in [1.165, 1.54) is 5.56 Å². The van der Waals surface area contributed by atoms with E-state index in [2.05, 4.69) is 22.3 Å². The number of nitrogens with one attached hydrogen (secondary N) is 1. The molecule has 0 spiro atoms. The molecule has 1 saturated heterocycles. The highest BCUT2D eigenvalue weighted by atomic mass is 16.5. The van der Waals surface area contributed by atoms with Crippen molar-refractivity contribution >= 4 is 17.6 Å². The molecule has 1 aliphatic rings. The normalized spacial score (nSPS) is 14.8. The third-order valence-electron chi connectivity index (χ3n) is 5.19. The first-order chi connectivity index (χ1) is 14.6. The first-order valence-corrected chi connectivity index (χ1v) is 10.6. The highest BCUT2D eigenvalue weighted by molar-refractivity contribution is 5.92. The number of hydrogen-bond acceptors (Lipinski definition) is 5. The summed E-state index contributed by atoms with van der Waals surface area (Å²) in [5.74, 6) is 0.504. The SMILES string of the molecule is CCOC(=O)C1CCN(CC(=O)Nc2cccc(OCCc3ccccc3)c2)CC1. The first-order valence-electron chi connectivity index (χ1n) is 10.6. The van der Waals surface area contributed by atoms with Crippen molar-refractivity contribution in [3.8, 4) is 5.75 Å². The van der Waals surface area contributed by atoms with E-state index in [-0.39, 0.29) is 17.8 Å². The third-order valence-corrected chi connectivity index (χ3v) is 5.19. The summed E-state index contributed by atoms with van der Waals surface area (Å²) in [6, 6.07) is 17.7. The second-order valence-corrected chi connectivity index (χ2v) is 7.46. The quantitative estimate of drug-likeness (QED) is 0.641. The van der Waals surface area contributed by atoms with Crippen molar-refractivity contribution in [1.82, 2.24) is 4.90 Å². The van der Waals surface area contributed by atoms with E-state index in [0.717, 1.165) is 43.8 Å². The van der Waals surface area contributed by atoms with Crippen molar-refractivity contribution in [2.45, 2.75) is 26.2 Å². The van der Waals surface area contributed by atoms with Crippen LogP contribution in [0.15, 0.2) is 54.6 Å². The van der Waals surface area contributed by atoms with Gasteiger partial charge in [0.05, 0.1) is 25.7 Å². The molecule has 1 amide bonds. The molecule has 0 unspecified atom stereocenters. The minimum Gasteiger partial charge on any atom is -0.493 e. The number of hydrogen-bond donors (Lipinski definition) is 1. The topological polar surface area (TPSA) is 67.9 Å². The summed E-state index contributed by atoms with van der Waals surface area (Å²) in [7, 11) is 0. The number of amides is 1. The van der Waals surface area contributed by atoms with Crippen LogP contribution in [0.5, 0.6) is 5.75 Å². The largest absolute Gasteiger partial charge is 0.493 e. The summed E-state index contributed by atoms with van der Waals surface area (Å²) in [5, 5.41) is 2.94. The van der Waals surface area contributed by atoms with Gasteiger partial charge in [0.15, 0.2) is 0 Å². The Hall–Kier alpha value is -2.86. The van der Waals surface area contributed by atoms with Crippen molar-refractivity contribution in [3.63, 3.8) is 0 Å². The average Bonchev–Trinajstić information content (AvgIpc) is 2.75. The van der Waals surface area contributed by atoms with Gasteiger partial charge in [-0.15, -0.1) is 0 Å². The Labute approximate surface area is 178 Å². The molecule has 6 nitrogen and oxygen atoms in total. The Morgan fingerprint density at radius 2 is 1.83 bits per heavy atom. The van der Waals surface area contributed by atoms with Crippen LogP contribution in [0, 0.1) is 5.92 Å². The number of benzene rings is 2. The van der Waals surface area contributed by atoms with Gasteiger partial charge < -0.3 is 14.8 Å². The number of piperidine rings is 1. The predicted octanol–water partition coefficient (Wildman–Crippen LogP) is 3.52. The van der Waals surface area contributed by atoms with Crippen LogP contribution in [0.4, 0.5) is 5.69 Å². The number of anilines is 1. The highest BCUT2D eigenvalue weighted by Gasteiger charge is 2.26. The predicted molar refractivity (Wildman–Crippen MR) is 117 cm³/mol. The zero-order chi connectivity index (χ0) is 21.2. The van der Waals surface area contributed by atoms with Crippen LogP contribution in [0.1, 0.15) is 25.3 Å². The molecule has 0 aliphatic carbocycles. The van der Waals surface area contributed by atoms with Gasteiger partial charge in [0.2, 0.25) is 5.91 Å². The van der Waals surface area contributed by atoms with Crippen molar-refractivity contribution in [1.29, 1.82) is 0 Å². The number of nitrogens with zero attached hydrogens (tertiary/aromatic N) is 1. The van der Waals surface area contributed by atoms with Crippen LogP contribution in [-0.2, 0) is 20.7 Å². The van der Waals surface area contributed by atoms with E-state index in [4.69, 9.17) is 9.47 Å². The Bertz CT molecular complexity index is 817. The molecular formula is C24H30N2O4. The van der Waals surface area contributed by atoms with Crippen LogP contribution >= 0.6 is 0 Å². The lowest BCUT2D eigenvalue weighted by atomic mass is 9.97. The molecule has 1 aliphatic heterocycles. The maximum Gasteiger partial charge on any atom is 0.309 e. The maximum atomic E-state index is 12.4. The summed E-state index contributed by atoms with van der Waals surface area (Å²) < 4.78 is 10.9. The van der Waals surface area contributed by atoms with E-state index in [1.54, 1.807) is 0 Å². The fourth-order valence-electron chi connectivity index (χ4n) is 3.59. The average molecular weight is 411 g/mol. The standard InChI is InChI=1S/C24H30N2O4/c1-2-29-24(28)20-11-14-26(15-12-20)18-23(27)25-21-9-6-10-22(17-21)30-16-13-19-7-4-3-5-8-19/h3-10,17,20H,2,11-16,18H2,1H3,(H,25,27). The molecule has 1 heterocycles. The summed E-state index contributed by atoms with van der Waals surface area (Å²) in [4.78, 5) is 26.3. The minimum atomic E-state index is -0.120. The molecule has 2 aromatic rings. The monoisotopic (exact) mass is 410 g/mol. The Morgan fingerprint density at radius 3 is 2.57 bits per heavy atom. The smallest absolute Gasteiger partial charge is 0.309 e. The zero-order valence-corrected chi connectivity index (χ0v) is 17.5. The van der Waals surface area contributed by atoms with Crippen molar-refractivity contribution < 1.29 is 19.1 Å². The minimum absolute atomic E-state index is 0.0472. The van der Waals surface area contributed by atoms with E-state index in [9.17, 15) is 9.59 Å². The lowest BCUT2D eigenvalue weighted by molar-refractivity contribution is -0.149. The second-order valence-electron chi connectivity index (χ2n) is 7.46. The first kappa shape index (κ1) is 21.8. The zero-order valence-electron chi connectivity index (χ0n) is 17.5. The molecule has 6 heteroatoms. The fraction of sp³-hybridized carbons (Fsp3) is 0.417. The third kappa shape index (κ3) is 6.88. The van der Waals surface area contributed by atoms with Crippen molar-refractivity contribution in [2.24, 2.45) is 5.92 Å². The Morgan fingerprint density at radius 1 is 1.07 bits per heavy atom. The number of ether oxygens (including phenoxy) is 2. The summed E-state index contributed by atoms with van der Waals surface area (Å²) in [6.07, 6.45) is 2.30. The van der Waals surface area contributed by atoms with Crippen molar-refractivity contribution in [2.75, 3.05) is 38.2 Å². The molecule has 0 aromatic heterocycles. The van der Waals surface area contributed by atoms with Crippen LogP contribution in [-0.4, -0.2) is 49.6 Å². The van der Waals surface area contributed by atoms with Gasteiger partial charge >= 0.3 is 5.97 Å². The highest BCUT2D eigenvalue weighted by Crippen LogP contribution is 2.20. The molecule has 0 bridgehead atoms. The van der Waals surface area contributed by atoms with Gasteiger partial charge in [0.25, 0.3) is 0 Å². The Kier molecular flexibility index (Phi) is 8.27. The van der Waals surface area contributed by atoms with Gasteiger partial charge in [-0.1, -0.05) is 36.4 Å². The summed E-state index contributed by atoms with van der Waals surface area (Å²) >= 11 is 0. The summed E-state index contributed by atoms with van der Waals surface area (Å²) in [6.45, 7) is 4.57. The van der Waals surface area contributed by atoms with Gasteiger partial charge in [-0.05, 0) is 50.6 Å². The molecular weight excluding hydrogens is 380 g/mol. The van der Waals surface area contributed by atoms with Gasteiger partial charge in [-0.2, -0.15) is 0 Å². The van der Waals surface area contributed by atoms with E-state index >= 15 is 0 Å². The van der Waals surface area contributed by atoms with Gasteiger partial charge in [-0.25, -0.2) is 0 Å². The lowest BCUT2D eigenvalue weighted by Gasteiger charge is -2.30. The van der Waals surface area contributed by atoms with Crippen LogP contribution in [0.3, 0.4) is 0 Å². The number of rotatable bonds is 9. The number of likely N-dealkylation sites (tertiary alicyclic amines) is 1. The van der Waals surface area contributed by atoms with Gasteiger partial charge in [0.1, 0.15) is 5.75 Å². The maximum absolute atomic E-state index is 12.4. The summed E-state index contributed by atoms with van der Waals surface area (Å²) in [5.41, 5.74) is 1.95. The van der Waals surface area contributed by atoms with Crippen LogP contribution in [0.25, 0.3) is 0 Å². The van der Waals surface area contributed by atoms with E-state index < -0.39 is 0 Å². The van der Waals surface area contributed by atoms with Crippen LogP contribution in [0.2, 0.25) is 0 Å². The molecule has 0 atom stereocenters. The number of carbonyl (C=O) groups excluding carboxylic acids is 2. The van der Waals surface area contributed by atoms with Gasteiger partial charge in [-0.3, -0.25) is 14.5 Å². The molecule has 30 heavy (non-hydrogen) atoms. The molecule has 1 fully saturated rings. The second kappa shape index (κ2) is 11.4. The molecule has 0 radical (unpaired) electrons. The molecule has 3 rings (SSSR count). The number of esters is 1. The molecule has 2 aromatic carbocycles. The Balaban J connectivity index is 1.41. The van der Waals surface area contributed by atoms with Crippen molar-refractivity contribution in [3.05, 3.63) is 60.2 Å². The molecule has 1 N–H and O–H groups in total. The molecule has 160 valence electrons. The lowest BCUT2D eigenvalue weighted by Crippen LogP contribution is -2.41.